The van der Waals surface area contributed by atoms with E-state index >= 15 is 0 Å². The first-order valence-corrected chi connectivity index (χ1v) is 10.9. The summed E-state index contributed by atoms with van der Waals surface area (Å²) < 4.78 is 10.6. The monoisotopic (exact) mass is 489 g/mol. The molecule has 0 atom stereocenters. The summed E-state index contributed by atoms with van der Waals surface area (Å²) in [7, 11) is 3.01. The van der Waals surface area contributed by atoms with Crippen LogP contribution in [0.2, 0.25) is 0 Å². The standard InChI is InChI=1S/C27H27N3O6/c1-16-12-22(31)17(2)25(32)20(16)15-28-30-27(34)21(29-26(33)19-8-6-5-7-9-19)13-18-10-11-23(35-3)24(14-18)36-4/h5-15,31-32H,1-4H3,(H,29,33)(H,30,34)/b21-13+,28-15+. The van der Waals surface area contributed by atoms with Gasteiger partial charge in [0.15, 0.2) is 11.5 Å². The molecule has 36 heavy (non-hydrogen) atoms. The molecular formula is C27H27N3O6. The van der Waals surface area contributed by atoms with Gasteiger partial charge in [-0.1, -0.05) is 24.3 Å². The lowest BCUT2D eigenvalue weighted by Crippen LogP contribution is -2.32. The summed E-state index contributed by atoms with van der Waals surface area (Å²) >= 11 is 0. The van der Waals surface area contributed by atoms with E-state index in [4.69, 9.17) is 9.47 Å². The first-order chi connectivity index (χ1) is 17.2. The average molecular weight is 490 g/mol. The molecule has 0 aliphatic rings. The highest BCUT2D eigenvalue weighted by molar-refractivity contribution is 6.05. The van der Waals surface area contributed by atoms with Crippen LogP contribution >= 0.6 is 0 Å². The van der Waals surface area contributed by atoms with Crippen LogP contribution in [-0.2, 0) is 4.79 Å². The second-order valence-corrected chi connectivity index (χ2v) is 7.79. The van der Waals surface area contributed by atoms with Crippen LogP contribution < -0.4 is 20.2 Å². The number of nitrogens with one attached hydrogen (secondary N) is 2. The fraction of sp³-hybridized carbons (Fsp3) is 0.148. The molecule has 0 fully saturated rings. The molecule has 3 rings (SSSR count). The molecule has 0 unspecified atom stereocenters. The zero-order chi connectivity index (χ0) is 26.2. The maximum Gasteiger partial charge on any atom is 0.287 e. The number of carbonyl (C=O) groups is 2. The van der Waals surface area contributed by atoms with Crippen molar-refractivity contribution in [1.29, 1.82) is 0 Å². The van der Waals surface area contributed by atoms with Crippen molar-refractivity contribution in [1.82, 2.24) is 10.7 Å². The number of aryl methyl sites for hydroxylation is 1. The van der Waals surface area contributed by atoms with E-state index in [0.29, 0.717) is 33.8 Å². The molecule has 3 aromatic rings. The van der Waals surface area contributed by atoms with E-state index in [1.807, 2.05) is 0 Å². The Morgan fingerprint density at radius 1 is 0.944 bits per heavy atom. The normalized spacial score (nSPS) is 11.3. The molecular weight excluding hydrogens is 462 g/mol. The van der Waals surface area contributed by atoms with Crippen LogP contribution in [0, 0.1) is 13.8 Å². The maximum absolute atomic E-state index is 13.0. The molecule has 186 valence electrons. The third-order valence-electron chi connectivity index (χ3n) is 5.38. The Hall–Kier alpha value is -4.79. The second-order valence-electron chi connectivity index (χ2n) is 7.79. The Bertz CT molecular complexity index is 1330. The number of rotatable bonds is 8. The minimum atomic E-state index is -0.696. The van der Waals surface area contributed by atoms with Gasteiger partial charge < -0.3 is 25.0 Å². The van der Waals surface area contributed by atoms with Crippen LogP contribution in [0.3, 0.4) is 0 Å². The van der Waals surface area contributed by atoms with Gasteiger partial charge in [-0.15, -0.1) is 0 Å². The Morgan fingerprint density at radius 2 is 1.64 bits per heavy atom. The summed E-state index contributed by atoms with van der Waals surface area (Å²) in [6, 6.07) is 15.0. The largest absolute Gasteiger partial charge is 0.508 e. The van der Waals surface area contributed by atoms with Crippen LogP contribution in [0.1, 0.15) is 32.6 Å². The molecule has 0 saturated heterocycles. The zero-order valence-electron chi connectivity index (χ0n) is 20.3. The molecule has 2 amide bonds. The molecule has 4 N–H and O–H groups in total. The highest BCUT2D eigenvalue weighted by Gasteiger charge is 2.16. The van der Waals surface area contributed by atoms with Crippen LogP contribution in [-0.4, -0.2) is 42.5 Å². The molecule has 0 saturated carbocycles. The molecule has 0 aromatic heterocycles. The fourth-order valence-electron chi connectivity index (χ4n) is 3.33. The molecule has 0 bridgehead atoms. The van der Waals surface area contributed by atoms with Crippen molar-refractivity contribution < 1.29 is 29.3 Å². The number of nitrogens with zero attached hydrogens (tertiary/aromatic N) is 1. The molecule has 0 aliphatic heterocycles. The van der Waals surface area contributed by atoms with Gasteiger partial charge in [0.2, 0.25) is 0 Å². The number of hydrogen-bond acceptors (Lipinski definition) is 7. The van der Waals surface area contributed by atoms with Crippen LogP contribution in [0.15, 0.2) is 65.4 Å². The number of ether oxygens (including phenoxy) is 2. The van der Waals surface area contributed by atoms with Crippen LogP contribution in [0.4, 0.5) is 0 Å². The van der Waals surface area contributed by atoms with E-state index in [2.05, 4.69) is 15.8 Å². The third-order valence-corrected chi connectivity index (χ3v) is 5.38. The third kappa shape index (κ3) is 6.01. The van der Waals surface area contributed by atoms with Gasteiger partial charge in [-0.3, -0.25) is 9.59 Å². The SMILES string of the molecule is COc1ccc(/C=C(/NC(=O)c2ccccc2)C(=O)N/N=C/c2c(C)cc(O)c(C)c2O)cc1OC. The highest BCUT2D eigenvalue weighted by atomic mass is 16.5. The summed E-state index contributed by atoms with van der Waals surface area (Å²) in [4.78, 5) is 25.8. The van der Waals surface area contributed by atoms with Crippen molar-refractivity contribution in [2.24, 2.45) is 5.10 Å². The molecule has 0 heterocycles. The van der Waals surface area contributed by atoms with E-state index in [-0.39, 0.29) is 22.8 Å². The lowest BCUT2D eigenvalue weighted by molar-refractivity contribution is -0.117. The molecule has 0 radical (unpaired) electrons. The Kier molecular flexibility index (Phi) is 8.30. The van der Waals surface area contributed by atoms with Gasteiger partial charge in [-0.25, -0.2) is 5.43 Å². The second kappa shape index (κ2) is 11.6. The average Bonchev–Trinajstić information content (AvgIpc) is 2.89. The number of methoxy groups -OCH3 is 2. The number of hydrogen-bond donors (Lipinski definition) is 4. The number of phenols is 2. The van der Waals surface area contributed by atoms with Crippen molar-refractivity contribution in [3.63, 3.8) is 0 Å². The smallest absolute Gasteiger partial charge is 0.287 e. The Morgan fingerprint density at radius 3 is 2.31 bits per heavy atom. The summed E-state index contributed by atoms with van der Waals surface area (Å²) in [5.41, 5.74) is 4.42. The van der Waals surface area contributed by atoms with Gasteiger partial charge in [0.05, 0.1) is 20.4 Å². The van der Waals surface area contributed by atoms with Gasteiger partial charge in [-0.05, 0) is 61.4 Å². The van der Waals surface area contributed by atoms with E-state index in [1.165, 1.54) is 32.6 Å². The van der Waals surface area contributed by atoms with Crippen molar-refractivity contribution in [2.45, 2.75) is 13.8 Å². The number of amides is 2. The van der Waals surface area contributed by atoms with E-state index in [9.17, 15) is 19.8 Å². The van der Waals surface area contributed by atoms with Crippen molar-refractivity contribution in [3.8, 4) is 23.0 Å². The van der Waals surface area contributed by atoms with Crippen molar-refractivity contribution in [3.05, 3.63) is 88.1 Å². The molecule has 9 heteroatoms. The summed E-state index contributed by atoms with van der Waals surface area (Å²) in [5.74, 6) is -0.411. The van der Waals surface area contributed by atoms with Gasteiger partial charge in [0, 0.05) is 16.7 Å². The first-order valence-electron chi connectivity index (χ1n) is 10.9. The van der Waals surface area contributed by atoms with E-state index in [1.54, 1.807) is 62.4 Å². The van der Waals surface area contributed by atoms with Crippen LogP contribution in [0.5, 0.6) is 23.0 Å². The summed E-state index contributed by atoms with van der Waals surface area (Å²) in [5, 5.41) is 26.7. The molecule has 0 aliphatic carbocycles. The minimum Gasteiger partial charge on any atom is -0.508 e. The molecule has 3 aromatic carbocycles. The van der Waals surface area contributed by atoms with Crippen molar-refractivity contribution in [2.75, 3.05) is 14.2 Å². The summed E-state index contributed by atoms with van der Waals surface area (Å²) in [6.07, 6.45) is 2.74. The number of carbonyl (C=O) groups excluding carboxylic acids is 2. The predicted molar refractivity (Wildman–Crippen MR) is 136 cm³/mol. The van der Waals surface area contributed by atoms with E-state index in [0.717, 1.165) is 0 Å². The van der Waals surface area contributed by atoms with Gasteiger partial charge in [0.25, 0.3) is 11.8 Å². The van der Waals surface area contributed by atoms with Gasteiger partial charge in [-0.2, -0.15) is 5.10 Å². The molecule has 9 nitrogen and oxygen atoms in total. The first kappa shape index (κ1) is 25.8. The number of benzene rings is 3. The zero-order valence-corrected chi connectivity index (χ0v) is 20.3. The highest BCUT2D eigenvalue weighted by Crippen LogP contribution is 2.31. The van der Waals surface area contributed by atoms with Gasteiger partial charge in [0.1, 0.15) is 17.2 Å². The number of hydrazone groups is 1. The lowest BCUT2D eigenvalue weighted by atomic mass is 10.0. The fourth-order valence-corrected chi connectivity index (χ4v) is 3.33. The number of phenolic OH excluding ortho intramolecular Hbond substituents is 2. The van der Waals surface area contributed by atoms with Crippen LogP contribution in [0.25, 0.3) is 6.08 Å². The quantitative estimate of drug-likeness (QED) is 0.217. The van der Waals surface area contributed by atoms with E-state index < -0.39 is 11.8 Å². The lowest BCUT2D eigenvalue weighted by Gasteiger charge is -2.11. The predicted octanol–water partition coefficient (Wildman–Crippen LogP) is 3.65. The Labute approximate surface area is 208 Å². The number of aromatic hydroxyl groups is 2. The maximum atomic E-state index is 13.0. The minimum absolute atomic E-state index is 0.0463. The Balaban J connectivity index is 1.91. The van der Waals surface area contributed by atoms with Crippen molar-refractivity contribution >= 4 is 24.1 Å². The topological polar surface area (TPSA) is 129 Å². The molecule has 0 spiro atoms. The van der Waals surface area contributed by atoms with Gasteiger partial charge >= 0.3 is 0 Å². The summed E-state index contributed by atoms with van der Waals surface area (Å²) in [6.45, 7) is 3.24.